The number of hydrogen-bond donors (Lipinski definition) is 0. The van der Waals surface area contributed by atoms with Crippen LogP contribution in [-0.2, 0) is 0 Å². The summed E-state index contributed by atoms with van der Waals surface area (Å²) in [5, 5.41) is 4.58. The highest BCUT2D eigenvalue weighted by Gasteiger charge is 2.21. The molecule has 44 heavy (non-hydrogen) atoms. The van der Waals surface area contributed by atoms with Crippen molar-refractivity contribution in [3.8, 4) is 33.9 Å². The van der Waals surface area contributed by atoms with Gasteiger partial charge < -0.3 is 9.32 Å². The Kier molecular flexibility index (Phi) is 5.47. The fourth-order valence-electron chi connectivity index (χ4n) is 6.35. The second-order valence-electron chi connectivity index (χ2n) is 11.1. The molecule has 0 saturated heterocycles. The van der Waals surface area contributed by atoms with Gasteiger partial charge in [-0.3, -0.25) is 0 Å². The zero-order valence-electron chi connectivity index (χ0n) is 23.7. The Balaban J connectivity index is 1.19. The van der Waals surface area contributed by atoms with Gasteiger partial charge in [-0.25, -0.2) is 9.97 Å². The number of aromatic nitrogens is 2. The van der Waals surface area contributed by atoms with E-state index in [4.69, 9.17) is 14.4 Å². The maximum absolute atomic E-state index is 6.40. The third kappa shape index (κ3) is 3.92. The van der Waals surface area contributed by atoms with Crippen LogP contribution in [0.5, 0.6) is 0 Å². The quantitative estimate of drug-likeness (QED) is 0.214. The molecule has 0 fully saturated rings. The van der Waals surface area contributed by atoms with E-state index < -0.39 is 0 Å². The maximum Gasteiger partial charge on any atom is 0.160 e. The lowest BCUT2D eigenvalue weighted by atomic mass is 9.96. The first kappa shape index (κ1) is 24.6. The first-order valence-electron chi connectivity index (χ1n) is 14.7. The van der Waals surface area contributed by atoms with Gasteiger partial charge in [0.15, 0.2) is 5.82 Å². The summed E-state index contributed by atoms with van der Waals surface area (Å²) in [7, 11) is 0. The first-order chi connectivity index (χ1) is 21.8. The van der Waals surface area contributed by atoms with Gasteiger partial charge in [0.1, 0.15) is 11.2 Å². The monoisotopic (exact) mass is 563 g/mol. The van der Waals surface area contributed by atoms with Gasteiger partial charge in [0.2, 0.25) is 0 Å². The van der Waals surface area contributed by atoms with Crippen LogP contribution in [0.4, 0.5) is 11.4 Å². The Morgan fingerprint density at radius 1 is 0.523 bits per heavy atom. The van der Waals surface area contributed by atoms with Gasteiger partial charge in [-0.1, -0.05) is 103 Å². The van der Waals surface area contributed by atoms with Crippen LogP contribution < -0.4 is 4.90 Å². The molecule has 206 valence electrons. The fourth-order valence-corrected chi connectivity index (χ4v) is 6.35. The number of anilines is 2. The molecule has 0 atom stereocenters. The van der Waals surface area contributed by atoms with E-state index in [-0.39, 0.29) is 0 Å². The minimum atomic E-state index is 0.690. The summed E-state index contributed by atoms with van der Waals surface area (Å²) >= 11 is 0. The Labute approximate surface area is 254 Å². The molecule has 0 saturated carbocycles. The molecular weight excluding hydrogens is 538 g/mol. The van der Waals surface area contributed by atoms with Crippen LogP contribution in [0.1, 0.15) is 5.56 Å². The largest absolute Gasteiger partial charge is 0.455 e. The Hall–Kier alpha value is -6.00. The van der Waals surface area contributed by atoms with Gasteiger partial charge in [-0.15, -0.1) is 0 Å². The fraction of sp³-hybridized carbons (Fsp3) is 0. The van der Waals surface area contributed by atoms with Gasteiger partial charge in [-0.05, 0) is 48.0 Å². The summed E-state index contributed by atoms with van der Waals surface area (Å²) in [4.78, 5) is 12.4. The standard InChI is InChI=1S/C40H25N3O/c1-3-11-26(12-4-1)34-25-35(27-13-5-2-6-14-27)42-40(41-34)29-15-9-16-30(23-29)43-22-21-28-24-33-31-17-7-8-20-37(31)44-39(33)32-18-10-19-36(43)38(28)32/h1-25H. The molecule has 4 heteroatoms. The normalized spacial score (nSPS) is 12.4. The molecule has 0 bridgehead atoms. The van der Waals surface area contributed by atoms with Gasteiger partial charge in [0, 0.05) is 50.1 Å². The van der Waals surface area contributed by atoms with Crippen molar-refractivity contribution in [3.05, 3.63) is 151 Å². The van der Waals surface area contributed by atoms with E-state index >= 15 is 0 Å². The minimum absolute atomic E-state index is 0.690. The first-order valence-corrected chi connectivity index (χ1v) is 14.7. The van der Waals surface area contributed by atoms with E-state index in [9.17, 15) is 0 Å². The highest BCUT2D eigenvalue weighted by atomic mass is 16.3. The number of hydrogen-bond acceptors (Lipinski definition) is 4. The van der Waals surface area contributed by atoms with E-state index in [1.54, 1.807) is 0 Å². The van der Waals surface area contributed by atoms with E-state index in [0.717, 1.165) is 66.8 Å². The van der Waals surface area contributed by atoms with Crippen molar-refractivity contribution in [2.75, 3.05) is 4.90 Å². The molecule has 9 rings (SSSR count). The van der Waals surface area contributed by atoms with E-state index in [1.807, 2.05) is 48.5 Å². The lowest BCUT2D eigenvalue weighted by Crippen LogP contribution is -2.12. The maximum atomic E-state index is 6.40. The summed E-state index contributed by atoms with van der Waals surface area (Å²) in [6.07, 6.45) is 4.35. The van der Waals surface area contributed by atoms with Gasteiger partial charge in [0.25, 0.3) is 0 Å². The number of benzene rings is 6. The number of rotatable bonds is 4. The summed E-state index contributed by atoms with van der Waals surface area (Å²) in [5.74, 6) is 0.690. The number of nitrogens with zero attached hydrogens (tertiary/aromatic N) is 3. The summed E-state index contributed by atoms with van der Waals surface area (Å²) in [6.45, 7) is 0. The number of furan rings is 1. The van der Waals surface area contributed by atoms with Crippen LogP contribution in [0, 0.1) is 0 Å². The second-order valence-corrected chi connectivity index (χ2v) is 11.1. The average Bonchev–Trinajstić information content (AvgIpc) is 3.48. The SMILES string of the molecule is C1=CN(c2cccc(-c3nc(-c4ccccc4)cc(-c4ccccc4)n3)c2)c2cccc3c2c1cc1c2ccccc2oc31. The summed E-state index contributed by atoms with van der Waals surface area (Å²) in [6, 6.07) is 48.1. The molecule has 0 unspecified atom stereocenters. The Morgan fingerprint density at radius 2 is 1.18 bits per heavy atom. The molecule has 0 radical (unpaired) electrons. The van der Waals surface area contributed by atoms with Crippen molar-refractivity contribution in [3.63, 3.8) is 0 Å². The molecule has 0 amide bonds. The molecular formula is C40H25N3O. The number of fused-ring (bicyclic) bond motifs is 4. The second kappa shape index (κ2) is 9.79. The third-order valence-corrected chi connectivity index (χ3v) is 8.42. The molecule has 4 nitrogen and oxygen atoms in total. The van der Waals surface area contributed by atoms with Crippen molar-refractivity contribution in [1.29, 1.82) is 0 Å². The van der Waals surface area contributed by atoms with Crippen LogP contribution in [0.25, 0.3) is 72.7 Å². The Bertz CT molecular complexity index is 2330. The van der Waals surface area contributed by atoms with Crippen LogP contribution in [0.3, 0.4) is 0 Å². The minimum Gasteiger partial charge on any atom is -0.455 e. The molecule has 0 spiro atoms. The molecule has 2 aromatic heterocycles. The van der Waals surface area contributed by atoms with Crippen molar-refractivity contribution in [1.82, 2.24) is 9.97 Å². The zero-order chi connectivity index (χ0) is 29.0. The highest BCUT2D eigenvalue weighted by molar-refractivity contribution is 6.20. The molecule has 1 aliphatic heterocycles. The molecule has 6 aromatic carbocycles. The van der Waals surface area contributed by atoms with Gasteiger partial charge >= 0.3 is 0 Å². The number of para-hydroxylation sites is 1. The van der Waals surface area contributed by atoms with Crippen molar-refractivity contribution in [2.45, 2.75) is 0 Å². The van der Waals surface area contributed by atoms with Crippen molar-refractivity contribution >= 4 is 50.2 Å². The van der Waals surface area contributed by atoms with Crippen LogP contribution in [0.2, 0.25) is 0 Å². The van der Waals surface area contributed by atoms with Crippen LogP contribution in [-0.4, -0.2) is 9.97 Å². The van der Waals surface area contributed by atoms with Crippen LogP contribution in [0.15, 0.2) is 150 Å². The zero-order valence-corrected chi connectivity index (χ0v) is 23.7. The lowest BCUT2D eigenvalue weighted by molar-refractivity contribution is 0.672. The molecule has 0 aliphatic carbocycles. The Morgan fingerprint density at radius 3 is 1.95 bits per heavy atom. The summed E-state index contributed by atoms with van der Waals surface area (Å²) in [5.41, 5.74) is 10.0. The van der Waals surface area contributed by atoms with Gasteiger partial charge in [-0.2, -0.15) is 0 Å². The topological polar surface area (TPSA) is 42.2 Å². The van der Waals surface area contributed by atoms with Gasteiger partial charge in [0.05, 0.1) is 17.1 Å². The highest BCUT2D eigenvalue weighted by Crippen LogP contribution is 2.44. The summed E-state index contributed by atoms with van der Waals surface area (Å²) < 4.78 is 6.40. The molecule has 8 aromatic rings. The van der Waals surface area contributed by atoms with E-state index in [1.165, 1.54) is 10.9 Å². The van der Waals surface area contributed by atoms with E-state index in [2.05, 4.69) is 108 Å². The average molecular weight is 564 g/mol. The predicted octanol–water partition coefficient (Wildman–Crippen LogP) is 10.7. The third-order valence-electron chi connectivity index (χ3n) is 8.42. The molecule has 0 N–H and O–H groups in total. The van der Waals surface area contributed by atoms with E-state index in [0.29, 0.717) is 5.82 Å². The molecule has 3 heterocycles. The van der Waals surface area contributed by atoms with Crippen LogP contribution >= 0.6 is 0 Å². The lowest BCUT2D eigenvalue weighted by Gasteiger charge is -2.27. The predicted molar refractivity (Wildman–Crippen MR) is 181 cm³/mol. The van der Waals surface area contributed by atoms with Crippen molar-refractivity contribution < 1.29 is 4.42 Å². The molecule has 1 aliphatic rings. The van der Waals surface area contributed by atoms with Crippen molar-refractivity contribution in [2.24, 2.45) is 0 Å². The smallest absolute Gasteiger partial charge is 0.160 e.